The van der Waals surface area contributed by atoms with Gasteiger partial charge in [0.05, 0.1) is 22.8 Å². The van der Waals surface area contributed by atoms with Crippen LogP contribution < -0.4 is 15.6 Å². The van der Waals surface area contributed by atoms with Crippen LogP contribution in [0, 0.1) is 0 Å². The normalized spacial score (nSPS) is 10.2. The standard InChI is InChI=1S/C14H12Cl2N2O2/c1-20-11-5-3-10(4-6-11)18(17)14(19)9-2-7-12(15)13(16)8-9/h2-8H,17H2,1H3. The summed E-state index contributed by atoms with van der Waals surface area (Å²) in [6.07, 6.45) is 0. The van der Waals surface area contributed by atoms with Crippen LogP contribution in [0.5, 0.6) is 5.75 Å². The minimum Gasteiger partial charge on any atom is -0.497 e. The fraction of sp³-hybridized carbons (Fsp3) is 0.0714. The van der Waals surface area contributed by atoms with Gasteiger partial charge in [-0.3, -0.25) is 4.79 Å². The summed E-state index contributed by atoms with van der Waals surface area (Å²) in [5.41, 5.74) is 0.902. The fourth-order valence-electron chi connectivity index (χ4n) is 1.63. The van der Waals surface area contributed by atoms with Crippen molar-refractivity contribution in [1.29, 1.82) is 0 Å². The molecule has 2 rings (SSSR count). The van der Waals surface area contributed by atoms with Crippen molar-refractivity contribution in [3.05, 3.63) is 58.1 Å². The smallest absolute Gasteiger partial charge is 0.272 e. The number of nitrogens with two attached hydrogens (primary N) is 1. The summed E-state index contributed by atoms with van der Waals surface area (Å²) in [7, 11) is 1.57. The molecule has 0 atom stereocenters. The number of carbonyl (C=O) groups excluding carboxylic acids is 1. The highest BCUT2D eigenvalue weighted by atomic mass is 35.5. The molecule has 0 bridgehead atoms. The van der Waals surface area contributed by atoms with E-state index in [2.05, 4.69) is 0 Å². The SMILES string of the molecule is COc1ccc(N(N)C(=O)c2ccc(Cl)c(Cl)c2)cc1. The molecule has 0 radical (unpaired) electrons. The summed E-state index contributed by atoms with van der Waals surface area (Å²) in [6.45, 7) is 0. The van der Waals surface area contributed by atoms with E-state index in [1.807, 2.05) is 0 Å². The number of benzene rings is 2. The first-order valence-corrected chi connectivity index (χ1v) is 6.47. The van der Waals surface area contributed by atoms with Crippen molar-refractivity contribution >= 4 is 34.8 Å². The number of halogens is 2. The van der Waals surface area contributed by atoms with Gasteiger partial charge in [-0.05, 0) is 42.5 Å². The molecule has 0 aliphatic carbocycles. The topological polar surface area (TPSA) is 55.6 Å². The van der Waals surface area contributed by atoms with Crippen molar-refractivity contribution in [3.8, 4) is 5.75 Å². The molecular formula is C14H12Cl2N2O2. The lowest BCUT2D eigenvalue weighted by atomic mass is 10.2. The molecule has 1 amide bonds. The van der Waals surface area contributed by atoms with Crippen LogP contribution >= 0.6 is 23.2 Å². The van der Waals surface area contributed by atoms with Crippen LogP contribution in [-0.2, 0) is 0 Å². The van der Waals surface area contributed by atoms with E-state index in [1.54, 1.807) is 43.5 Å². The molecule has 20 heavy (non-hydrogen) atoms. The lowest BCUT2D eigenvalue weighted by molar-refractivity contribution is 0.0987. The molecule has 0 unspecified atom stereocenters. The van der Waals surface area contributed by atoms with Gasteiger partial charge in [-0.25, -0.2) is 10.9 Å². The molecule has 0 aromatic heterocycles. The number of anilines is 1. The highest BCUT2D eigenvalue weighted by molar-refractivity contribution is 6.42. The first-order valence-electron chi connectivity index (χ1n) is 5.71. The Morgan fingerprint density at radius 2 is 1.75 bits per heavy atom. The minimum atomic E-state index is -0.381. The first-order chi connectivity index (χ1) is 9.52. The van der Waals surface area contributed by atoms with Gasteiger partial charge in [0.1, 0.15) is 5.75 Å². The number of rotatable bonds is 3. The van der Waals surface area contributed by atoms with Crippen LogP contribution in [0.15, 0.2) is 42.5 Å². The van der Waals surface area contributed by atoms with Crippen LogP contribution in [0.2, 0.25) is 10.0 Å². The molecule has 0 saturated carbocycles. The number of hydrogen-bond donors (Lipinski definition) is 1. The van der Waals surface area contributed by atoms with Gasteiger partial charge in [-0.1, -0.05) is 23.2 Å². The predicted molar refractivity (Wildman–Crippen MR) is 80.5 cm³/mol. The Morgan fingerprint density at radius 3 is 2.30 bits per heavy atom. The van der Waals surface area contributed by atoms with E-state index in [9.17, 15) is 4.79 Å². The second kappa shape index (κ2) is 6.13. The molecule has 0 fully saturated rings. The molecule has 2 aromatic carbocycles. The Morgan fingerprint density at radius 1 is 1.10 bits per heavy atom. The van der Waals surface area contributed by atoms with E-state index in [0.29, 0.717) is 27.0 Å². The van der Waals surface area contributed by atoms with Gasteiger partial charge < -0.3 is 4.74 Å². The second-order valence-electron chi connectivity index (χ2n) is 4.00. The quantitative estimate of drug-likeness (QED) is 0.536. The van der Waals surface area contributed by atoms with Crippen molar-refractivity contribution in [2.24, 2.45) is 5.84 Å². The third-order valence-corrected chi connectivity index (χ3v) is 3.47. The second-order valence-corrected chi connectivity index (χ2v) is 4.82. The minimum absolute atomic E-state index is 0.306. The number of nitrogens with zero attached hydrogens (tertiary/aromatic N) is 1. The maximum Gasteiger partial charge on any atom is 0.272 e. The molecule has 0 saturated heterocycles. The molecule has 104 valence electrons. The Kier molecular flexibility index (Phi) is 4.49. The van der Waals surface area contributed by atoms with Crippen molar-refractivity contribution in [2.75, 3.05) is 12.1 Å². The summed E-state index contributed by atoms with van der Waals surface area (Å²) in [5, 5.41) is 1.73. The maximum absolute atomic E-state index is 12.2. The zero-order chi connectivity index (χ0) is 14.7. The predicted octanol–water partition coefficient (Wildman–Crippen LogP) is 3.52. The number of hydrogen-bond acceptors (Lipinski definition) is 3. The van der Waals surface area contributed by atoms with Crippen molar-refractivity contribution in [1.82, 2.24) is 0 Å². The highest BCUT2D eigenvalue weighted by Gasteiger charge is 2.15. The van der Waals surface area contributed by atoms with E-state index in [0.717, 1.165) is 5.01 Å². The van der Waals surface area contributed by atoms with Crippen molar-refractivity contribution < 1.29 is 9.53 Å². The summed E-state index contributed by atoms with van der Waals surface area (Å²) in [4.78, 5) is 12.2. The van der Waals surface area contributed by atoms with Crippen LogP contribution in [0.1, 0.15) is 10.4 Å². The number of amides is 1. The Balaban J connectivity index is 2.24. The molecular weight excluding hydrogens is 299 g/mol. The average molecular weight is 311 g/mol. The Labute approximate surface area is 126 Å². The van der Waals surface area contributed by atoms with Gasteiger partial charge in [0.2, 0.25) is 0 Å². The van der Waals surface area contributed by atoms with Crippen LogP contribution in [0.25, 0.3) is 0 Å². The Hall–Kier alpha value is -1.75. The molecule has 0 aliphatic rings. The summed E-state index contributed by atoms with van der Waals surface area (Å²) in [5.74, 6) is 6.12. The fourth-order valence-corrected chi connectivity index (χ4v) is 1.93. The molecule has 0 heterocycles. The summed E-state index contributed by atoms with van der Waals surface area (Å²) in [6, 6.07) is 11.4. The molecule has 2 N–H and O–H groups in total. The lowest BCUT2D eigenvalue weighted by Gasteiger charge is -2.17. The average Bonchev–Trinajstić information content (AvgIpc) is 2.48. The van der Waals surface area contributed by atoms with Gasteiger partial charge in [-0.15, -0.1) is 0 Å². The van der Waals surface area contributed by atoms with Gasteiger partial charge in [-0.2, -0.15) is 0 Å². The molecule has 6 heteroatoms. The van der Waals surface area contributed by atoms with Gasteiger partial charge in [0, 0.05) is 5.56 Å². The molecule has 2 aromatic rings. The van der Waals surface area contributed by atoms with E-state index in [4.69, 9.17) is 33.8 Å². The monoisotopic (exact) mass is 310 g/mol. The van der Waals surface area contributed by atoms with E-state index < -0.39 is 0 Å². The van der Waals surface area contributed by atoms with Crippen molar-refractivity contribution in [3.63, 3.8) is 0 Å². The number of methoxy groups -OCH3 is 1. The van der Waals surface area contributed by atoms with E-state index in [-0.39, 0.29) is 5.91 Å². The molecule has 0 spiro atoms. The highest BCUT2D eigenvalue weighted by Crippen LogP contribution is 2.24. The largest absolute Gasteiger partial charge is 0.497 e. The van der Waals surface area contributed by atoms with E-state index >= 15 is 0 Å². The third-order valence-electron chi connectivity index (χ3n) is 2.74. The van der Waals surface area contributed by atoms with Gasteiger partial charge in [0.25, 0.3) is 5.91 Å². The van der Waals surface area contributed by atoms with Crippen LogP contribution in [-0.4, -0.2) is 13.0 Å². The van der Waals surface area contributed by atoms with Crippen LogP contribution in [0.3, 0.4) is 0 Å². The first kappa shape index (κ1) is 14.7. The molecule has 0 aliphatic heterocycles. The summed E-state index contributed by atoms with van der Waals surface area (Å²) < 4.78 is 5.05. The number of hydrazine groups is 1. The number of ether oxygens (including phenoxy) is 1. The van der Waals surface area contributed by atoms with Gasteiger partial charge >= 0.3 is 0 Å². The van der Waals surface area contributed by atoms with Crippen molar-refractivity contribution in [2.45, 2.75) is 0 Å². The molecule has 4 nitrogen and oxygen atoms in total. The summed E-state index contributed by atoms with van der Waals surface area (Å²) >= 11 is 11.7. The van der Waals surface area contributed by atoms with Gasteiger partial charge in [0.15, 0.2) is 0 Å². The Bertz CT molecular complexity index is 630. The van der Waals surface area contributed by atoms with Crippen LogP contribution in [0.4, 0.5) is 5.69 Å². The zero-order valence-electron chi connectivity index (χ0n) is 10.6. The third kappa shape index (κ3) is 3.04. The zero-order valence-corrected chi connectivity index (χ0v) is 12.2. The number of carbonyl (C=O) groups is 1. The lowest BCUT2D eigenvalue weighted by Crippen LogP contribution is -2.37. The van der Waals surface area contributed by atoms with E-state index in [1.165, 1.54) is 6.07 Å². The maximum atomic E-state index is 12.2.